The fourth-order valence-corrected chi connectivity index (χ4v) is 3.59. The van der Waals surface area contributed by atoms with Gasteiger partial charge >= 0.3 is 5.97 Å². The molecule has 3 rings (SSSR count). The summed E-state index contributed by atoms with van der Waals surface area (Å²) in [6, 6.07) is 6.62. The van der Waals surface area contributed by atoms with Gasteiger partial charge in [0.15, 0.2) is 6.61 Å². The molecule has 1 N–H and O–H groups in total. The van der Waals surface area contributed by atoms with Crippen LogP contribution in [0.4, 0.5) is 5.69 Å². The lowest BCUT2D eigenvalue weighted by atomic mass is 10.2. The number of fused-ring (bicyclic) bond motifs is 1. The minimum absolute atomic E-state index is 0.235. The molecule has 0 spiro atoms. The van der Waals surface area contributed by atoms with Crippen LogP contribution in [-0.4, -0.2) is 28.0 Å². The molecule has 9 heteroatoms. The Morgan fingerprint density at radius 2 is 2.15 bits per heavy atom. The first kappa shape index (κ1) is 18.1. The Morgan fingerprint density at radius 3 is 2.88 bits per heavy atom. The van der Waals surface area contributed by atoms with Crippen LogP contribution in [0.25, 0.3) is 10.2 Å². The van der Waals surface area contributed by atoms with Gasteiger partial charge in [-0.3, -0.25) is 9.59 Å². The minimum atomic E-state index is -0.672. The van der Waals surface area contributed by atoms with Gasteiger partial charge in [-0.05, 0) is 30.7 Å². The number of benzene rings is 1. The van der Waals surface area contributed by atoms with Crippen molar-refractivity contribution in [3.8, 4) is 0 Å². The van der Waals surface area contributed by atoms with E-state index in [1.807, 2.05) is 0 Å². The van der Waals surface area contributed by atoms with E-state index in [4.69, 9.17) is 16.3 Å². The highest BCUT2D eigenvalue weighted by molar-refractivity contribution is 7.20. The molecule has 134 valence electrons. The van der Waals surface area contributed by atoms with E-state index in [0.717, 1.165) is 11.3 Å². The molecule has 7 nitrogen and oxygen atoms in total. The second-order valence-corrected chi connectivity index (χ2v) is 6.97. The SMILES string of the molecule is Cc1c(C(=O)OCC(=O)Nc2cccc(Cl)c2)sc2ncn(C)c(=O)c12. The summed E-state index contributed by atoms with van der Waals surface area (Å²) in [5.41, 5.74) is 0.768. The van der Waals surface area contributed by atoms with E-state index >= 15 is 0 Å². The van der Waals surface area contributed by atoms with Crippen molar-refractivity contribution in [2.75, 3.05) is 11.9 Å². The summed E-state index contributed by atoms with van der Waals surface area (Å²) < 4.78 is 6.41. The summed E-state index contributed by atoms with van der Waals surface area (Å²) in [6.07, 6.45) is 1.40. The number of nitrogens with zero attached hydrogens (tertiary/aromatic N) is 2. The van der Waals surface area contributed by atoms with Gasteiger partial charge in [0.05, 0.1) is 11.7 Å². The molecule has 2 heterocycles. The van der Waals surface area contributed by atoms with Crippen molar-refractivity contribution in [3.63, 3.8) is 0 Å². The monoisotopic (exact) mass is 391 g/mol. The first-order valence-corrected chi connectivity index (χ1v) is 8.73. The van der Waals surface area contributed by atoms with Crippen LogP contribution in [0.5, 0.6) is 0 Å². The van der Waals surface area contributed by atoms with Gasteiger partial charge in [0.1, 0.15) is 9.71 Å². The molecule has 1 aromatic carbocycles. The van der Waals surface area contributed by atoms with E-state index in [1.54, 1.807) is 38.2 Å². The molecule has 3 aromatic rings. The summed E-state index contributed by atoms with van der Waals surface area (Å²) in [5, 5.41) is 3.45. The standard InChI is InChI=1S/C17H14ClN3O4S/c1-9-13-15(19-8-21(2)16(13)23)26-14(9)17(24)25-7-12(22)20-11-5-3-4-10(18)6-11/h3-6,8H,7H2,1-2H3,(H,20,22). The van der Waals surface area contributed by atoms with Gasteiger partial charge in [0, 0.05) is 17.8 Å². The Hall–Kier alpha value is -2.71. The second-order valence-electron chi connectivity index (χ2n) is 5.53. The van der Waals surface area contributed by atoms with Crippen molar-refractivity contribution < 1.29 is 14.3 Å². The summed E-state index contributed by atoms with van der Waals surface area (Å²) in [6.45, 7) is 1.20. The van der Waals surface area contributed by atoms with E-state index in [0.29, 0.717) is 26.5 Å². The molecule has 2 aromatic heterocycles. The smallest absolute Gasteiger partial charge is 0.349 e. The third-order valence-electron chi connectivity index (χ3n) is 3.64. The Morgan fingerprint density at radius 1 is 1.38 bits per heavy atom. The van der Waals surface area contributed by atoms with Crippen LogP contribution >= 0.6 is 22.9 Å². The zero-order valence-electron chi connectivity index (χ0n) is 13.9. The number of thiophene rings is 1. The van der Waals surface area contributed by atoms with Gasteiger partial charge in [-0.1, -0.05) is 17.7 Å². The van der Waals surface area contributed by atoms with E-state index < -0.39 is 18.5 Å². The average molecular weight is 392 g/mol. The molecule has 0 fully saturated rings. The van der Waals surface area contributed by atoms with Crippen molar-refractivity contribution >= 4 is 50.7 Å². The minimum Gasteiger partial charge on any atom is -0.451 e. The Balaban J connectivity index is 1.71. The van der Waals surface area contributed by atoms with Crippen LogP contribution in [0.15, 0.2) is 35.4 Å². The number of esters is 1. The molecule has 0 saturated carbocycles. The molecular weight excluding hydrogens is 378 g/mol. The van der Waals surface area contributed by atoms with E-state index in [-0.39, 0.29) is 10.4 Å². The summed E-state index contributed by atoms with van der Waals surface area (Å²) in [7, 11) is 1.59. The number of aromatic nitrogens is 2. The van der Waals surface area contributed by atoms with E-state index in [1.165, 1.54) is 10.9 Å². The van der Waals surface area contributed by atoms with Crippen molar-refractivity contribution in [2.45, 2.75) is 6.92 Å². The summed E-state index contributed by atoms with van der Waals surface area (Å²) in [4.78, 5) is 41.3. The van der Waals surface area contributed by atoms with Gasteiger partial charge < -0.3 is 14.6 Å². The van der Waals surface area contributed by atoms with Crippen LogP contribution in [-0.2, 0) is 16.6 Å². The number of ether oxygens (including phenoxy) is 1. The first-order chi connectivity index (χ1) is 12.4. The number of amides is 1. The number of anilines is 1. The highest BCUT2D eigenvalue weighted by Gasteiger charge is 2.21. The van der Waals surface area contributed by atoms with E-state index in [9.17, 15) is 14.4 Å². The Bertz CT molecular complexity index is 1070. The summed E-state index contributed by atoms with van der Waals surface area (Å²) >= 11 is 6.91. The van der Waals surface area contributed by atoms with Crippen LogP contribution in [0.3, 0.4) is 0 Å². The third kappa shape index (κ3) is 3.61. The van der Waals surface area contributed by atoms with Gasteiger partial charge in [-0.15, -0.1) is 11.3 Å². The van der Waals surface area contributed by atoms with Gasteiger partial charge in [0.25, 0.3) is 11.5 Å². The van der Waals surface area contributed by atoms with Crippen LogP contribution in [0, 0.1) is 6.92 Å². The number of carbonyl (C=O) groups is 2. The topological polar surface area (TPSA) is 90.3 Å². The molecular formula is C17H14ClN3O4S. The third-order valence-corrected chi connectivity index (χ3v) is 5.05. The number of hydrogen-bond acceptors (Lipinski definition) is 6. The normalized spacial score (nSPS) is 10.7. The lowest BCUT2D eigenvalue weighted by molar-refractivity contribution is -0.119. The van der Waals surface area contributed by atoms with Gasteiger partial charge in [0.2, 0.25) is 0 Å². The molecule has 0 saturated heterocycles. The average Bonchev–Trinajstić information content (AvgIpc) is 2.93. The van der Waals surface area contributed by atoms with Crippen molar-refractivity contribution in [2.24, 2.45) is 7.05 Å². The maximum absolute atomic E-state index is 12.3. The van der Waals surface area contributed by atoms with Crippen molar-refractivity contribution in [1.29, 1.82) is 0 Å². The molecule has 26 heavy (non-hydrogen) atoms. The molecule has 0 radical (unpaired) electrons. The Labute approximate surface area is 157 Å². The zero-order valence-corrected chi connectivity index (χ0v) is 15.5. The van der Waals surface area contributed by atoms with Gasteiger partial charge in [-0.25, -0.2) is 9.78 Å². The molecule has 0 unspecified atom stereocenters. The highest BCUT2D eigenvalue weighted by Crippen LogP contribution is 2.27. The molecule has 0 aliphatic carbocycles. The fourth-order valence-electron chi connectivity index (χ4n) is 2.36. The lowest BCUT2D eigenvalue weighted by Gasteiger charge is -2.06. The number of halogens is 1. The molecule has 0 bridgehead atoms. The molecule has 0 aliphatic heterocycles. The van der Waals surface area contributed by atoms with Crippen LogP contribution in [0.2, 0.25) is 5.02 Å². The molecule has 1 amide bonds. The van der Waals surface area contributed by atoms with Crippen molar-refractivity contribution in [1.82, 2.24) is 9.55 Å². The predicted octanol–water partition coefficient (Wildman–Crippen LogP) is 2.75. The number of rotatable bonds is 4. The number of aryl methyl sites for hydroxylation is 2. The maximum atomic E-state index is 12.3. The largest absolute Gasteiger partial charge is 0.451 e. The van der Waals surface area contributed by atoms with Crippen LogP contribution < -0.4 is 10.9 Å². The number of nitrogens with one attached hydrogen (secondary N) is 1. The fraction of sp³-hybridized carbons (Fsp3) is 0.176. The van der Waals surface area contributed by atoms with Gasteiger partial charge in [-0.2, -0.15) is 0 Å². The number of hydrogen-bond donors (Lipinski definition) is 1. The first-order valence-electron chi connectivity index (χ1n) is 7.54. The highest BCUT2D eigenvalue weighted by atomic mass is 35.5. The van der Waals surface area contributed by atoms with E-state index in [2.05, 4.69) is 10.3 Å². The molecule has 0 aliphatic rings. The number of carbonyl (C=O) groups excluding carboxylic acids is 2. The quantitative estimate of drug-likeness (QED) is 0.690. The zero-order chi connectivity index (χ0) is 18.8. The summed E-state index contributed by atoms with van der Waals surface area (Å²) in [5.74, 6) is -1.16. The van der Waals surface area contributed by atoms with Crippen molar-refractivity contribution in [3.05, 3.63) is 56.4 Å². The second kappa shape index (κ2) is 7.27. The predicted molar refractivity (Wildman–Crippen MR) is 100.0 cm³/mol. The maximum Gasteiger partial charge on any atom is 0.349 e. The Kier molecular flexibility index (Phi) is 5.06. The van der Waals surface area contributed by atoms with Crippen LogP contribution in [0.1, 0.15) is 15.2 Å². The molecule has 0 atom stereocenters. The lowest BCUT2D eigenvalue weighted by Crippen LogP contribution is -2.21.